The van der Waals surface area contributed by atoms with E-state index in [1.807, 2.05) is 18.7 Å². The number of alkyl halides is 3. The van der Waals surface area contributed by atoms with Gasteiger partial charge in [-0.15, -0.1) is 0 Å². The molecule has 0 aromatic heterocycles. The van der Waals surface area contributed by atoms with Crippen LogP contribution in [0.25, 0.3) is 0 Å². The molecule has 1 aromatic rings. The number of rotatable bonds is 2. The van der Waals surface area contributed by atoms with E-state index < -0.39 is 17.6 Å². The van der Waals surface area contributed by atoms with Crippen LogP contribution in [0.3, 0.4) is 0 Å². The Morgan fingerprint density at radius 1 is 1.38 bits per heavy atom. The number of halogens is 3. The van der Waals surface area contributed by atoms with E-state index in [4.69, 9.17) is 5.73 Å². The maximum absolute atomic E-state index is 12.8. The minimum atomic E-state index is -4.49. The summed E-state index contributed by atoms with van der Waals surface area (Å²) in [5.41, 5.74) is 4.76. The zero-order chi connectivity index (χ0) is 15.8. The van der Waals surface area contributed by atoms with E-state index in [-0.39, 0.29) is 17.6 Å². The molecule has 116 valence electrons. The summed E-state index contributed by atoms with van der Waals surface area (Å²) in [5.74, 6) is -0.852. The largest absolute Gasteiger partial charge is 0.416 e. The van der Waals surface area contributed by atoms with E-state index >= 15 is 0 Å². The van der Waals surface area contributed by atoms with Crippen molar-refractivity contribution in [2.45, 2.75) is 32.1 Å². The van der Waals surface area contributed by atoms with Crippen LogP contribution in [-0.2, 0) is 6.18 Å². The van der Waals surface area contributed by atoms with E-state index in [2.05, 4.69) is 5.32 Å². The first kappa shape index (κ1) is 15.6. The van der Waals surface area contributed by atoms with Gasteiger partial charge in [0.1, 0.15) is 0 Å². The second kappa shape index (κ2) is 5.55. The van der Waals surface area contributed by atoms with Gasteiger partial charge in [-0.1, -0.05) is 0 Å². The first-order valence-corrected chi connectivity index (χ1v) is 6.71. The van der Waals surface area contributed by atoms with Gasteiger partial charge in [0.05, 0.1) is 11.1 Å². The van der Waals surface area contributed by atoms with Crippen LogP contribution in [0.15, 0.2) is 18.2 Å². The number of nitrogens with two attached hydrogens (primary N) is 1. The normalized spacial score (nSPS) is 23.2. The maximum atomic E-state index is 12.8. The number of nitrogens with zero attached hydrogens (tertiary/aromatic N) is 1. The van der Waals surface area contributed by atoms with Crippen LogP contribution in [0.2, 0.25) is 0 Å². The molecule has 3 N–H and O–H groups in total. The van der Waals surface area contributed by atoms with Crippen LogP contribution >= 0.6 is 0 Å². The first-order chi connectivity index (χ1) is 9.70. The molecule has 2 unspecified atom stereocenters. The molecule has 2 atom stereocenters. The molecule has 1 aliphatic heterocycles. The van der Waals surface area contributed by atoms with Crippen molar-refractivity contribution in [2.75, 3.05) is 18.0 Å². The fourth-order valence-electron chi connectivity index (χ4n) is 2.52. The van der Waals surface area contributed by atoms with E-state index in [1.165, 1.54) is 6.07 Å². The molecule has 4 nitrogen and oxygen atoms in total. The van der Waals surface area contributed by atoms with Crippen LogP contribution in [0.4, 0.5) is 18.9 Å². The van der Waals surface area contributed by atoms with E-state index in [0.717, 1.165) is 12.1 Å². The van der Waals surface area contributed by atoms with Crippen LogP contribution in [0.5, 0.6) is 0 Å². The molecule has 1 heterocycles. The van der Waals surface area contributed by atoms with Crippen molar-refractivity contribution >= 4 is 11.6 Å². The van der Waals surface area contributed by atoms with E-state index in [9.17, 15) is 18.0 Å². The van der Waals surface area contributed by atoms with Crippen molar-refractivity contribution in [3.63, 3.8) is 0 Å². The second-order valence-electron chi connectivity index (χ2n) is 5.40. The number of carbonyl (C=O) groups is 1. The highest BCUT2D eigenvalue weighted by Gasteiger charge is 2.33. The Bertz CT molecular complexity index is 545. The molecule has 7 heteroatoms. The molecule has 0 bridgehead atoms. The number of piperazine rings is 1. The summed E-state index contributed by atoms with van der Waals surface area (Å²) in [6.45, 7) is 5.22. The van der Waals surface area contributed by atoms with Gasteiger partial charge < -0.3 is 16.0 Å². The lowest BCUT2D eigenvalue weighted by Gasteiger charge is -2.40. The van der Waals surface area contributed by atoms with Gasteiger partial charge >= 0.3 is 6.18 Å². The molecule has 1 amide bonds. The molecule has 0 aliphatic carbocycles. The average molecular weight is 301 g/mol. The molecule has 0 spiro atoms. The van der Waals surface area contributed by atoms with Crippen LogP contribution in [0.1, 0.15) is 29.8 Å². The summed E-state index contributed by atoms with van der Waals surface area (Å²) >= 11 is 0. The number of primary amides is 1. The van der Waals surface area contributed by atoms with Crippen LogP contribution in [-0.4, -0.2) is 31.1 Å². The number of anilines is 1. The predicted molar refractivity (Wildman–Crippen MR) is 74.2 cm³/mol. The molecule has 1 saturated heterocycles. The Kier molecular flexibility index (Phi) is 4.13. The van der Waals surface area contributed by atoms with E-state index in [1.54, 1.807) is 0 Å². The zero-order valence-corrected chi connectivity index (χ0v) is 11.9. The highest BCUT2D eigenvalue weighted by atomic mass is 19.4. The van der Waals surface area contributed by atoms with Gasteiger partial charge in [-0.2, -0.15) is 13.2 Å². The topological polar surface area (TPSA) is 58.4 Å². The molecule has 0 radical (unpaired) electrons. The number of hydrogen-bond acceptors (Lipinski definition) is 3. The number of hydrogen-bond donors (Lipinski definition) is 2. The van der Waals surface area contributed by atoms with Crippen LogP contribution < -0.4 is 16.0 Å². The highest BCUT2D eigenvalue weighted by molar-refractivity contribution is 5.99. The second-order valence-corrected chi connectivity index (χ2v) is 5.40. The lowest BCUT2D eigenvalue weighted by Crippen LogP contribution is -2.54. The summed E-state index contributed by atoms with van der Waals surface area (Å²) in [7, 11) is 0. The predicted octanol–water partition coefficient (Wildman–Crippen LogP) is 1.99. The average Bonchev–Trinajstić information content (AvgIpc) is 2.40. The molecular formula is C14H18F3N3O. The fraction of sp³-hybridized carbons (Fsp3) is 0.500. The number of nitrogens with one attached hydrogen (secondary N) is 1. The SMILES string of the molecule is CC1CN(c2ccc(C(F)(F)F)cc2C(N)=O)C(C)CN1. The standard InChI is InChI=1S/C14H18F3N3O/c1-8-7-20(9(2)6-19-8)12-4-3-10(14(15,16)17)5-11(12)13(18)21/h3-5,8-9,19H,6-7H2,1-2H3,(H2,18,21). The molecule has 2 rings (SSSR count). The van der Waals surface area contributed by atoms with Gasteiger partial charge in [0.2, 0.25) is 0 Å². The zero-order valence-electron chi connectivity index (χ0n) is 11.9. The minimum absolute atomic E-state index is 0.0658. The van der Waals surface area contributed by atoms with Gasteiger partial charge in [0, 0.05) is 30.9 Å². The Morgan fingerprint density at radius 3 is 2.62 bits per heavy atom. The first-order valence-electron chi connectivity index (χ1n) is 6.71. The van der Waals surface area contributed by atoms with Gasteiger partial charge in [-0.25, -0.2) is 0 Å². The molecule has 1 aromatic carbocycles. The Morgan fingerprint density at radius 2 is 2.05 bits per heavy atom. The maximum Gasteiger partial charge on any atom is 0.416 e. The van der Waals surface area contributed by atoms with Crippen LogP contribution in [0, 0.1) is 0 Å². The van der Waals surface area contributed by atoms with Crippen molar-refractivity contribution in [2.24, 2.45) is 5.73 Å². The Hall–Kier alpha value is -1.76. The Balaban J connectivity index is 2.45. The summed E-state index contributed by atoms with van der Waals surface area (Å²) in [4.78, 5) is 13.5. The summed E-state index contributed by atoms with van der Waals surface area (Å²) in [6, 6.07) is 3.40. The molecule has 1 fully saturated rings. The summed E-state index contributed by atoms with van der Waals surface area (Å²) in [6.07, 6.45) is -4.49. The molecule has 1 aliphatic rings. The van der Waals surface area contributed by atoms with Crippen molar-refractivity contribution in [1.29, 1.82) is 0 Å². The quantitative estimate of drug-likeness (QED) is 0.878. The fourth-order valence-corrected chi connectivity index (χ4v) is 2.52. The smallest absolute Gasteiger partial charge is 0.366 e. The van der Waals surface area contributed by atoms with Crippen molar-refractivity contribution in [1.82, 2.24) is 5.32 Å². The Labute approximate surface area is 121 Å². The van der Waals surface area contributed by atoms with Crippen molar-refractivity contribution < 1.29 is 18.0 Å². The summed E-state index contributed by atoms with van der Waals surface area (Å²) < 4.78 is 38.3. The summed E-state index contributed by atoms with van der Waals surface area (Å²) in [5, 5.41) is 3.28. The number of amides is 1. The van der Waals surface area contributed by atoms with Gasteiger partial charge in [0.15, 0.2) is 0 Å². The van der Waals surface area contributed by atoms with Gasteiger partial charge in [-0.3, -0.25) is 4.79 Å². The highest BCUT2D eigenvalue weighted by Crippen LogP contribution is 2.33. The molecule has 0 saturated carbocycles. The van der Waals surface area contributed by atoms with Crippen molar-refractivity contribution in [3.05, 3.63) is 29.3 Å². The van der Waals surface area contributed by atoms with Gasteiger partial charge in [-0.05, 0) is 32.0 Å². The van der Waals surface area contributed by atoms with Gasteiger partial charge in [0.25, 0.3) is 5.91 Å². The van der Waals surface area contributed by atoms with E-state index in [0.29, 0.717) is 18.8 Å². The molecule has 21 heavy (non-hydrogen) atoms. The number of carbonyl (C=O) groups excluding carboxylic acids is 1. The third-order valence-corrected chi connectivity index (χ3v) is 3.66. The third kappa shape index (κ3) is 3.29. The van der Waals surface area contributed by atoms with Crippen molar-refractivity contribution in [3.8, 4) is 0 Å². The third-order valence-electron chi connectivity index (χ3n) is 3.66. The lowest BCUT2D eigenvalue weighted by atomic mass is 10.0. The lowest BCUT2D eigenvalue weighted by molar-refractivity contribution is -0.137. The number of benzene rings is 1. The monoisotopic (exact) mass is 301 g/mol. The minimum Gasteiger partial charge on any atom is -0.366 e. The molecular weight excluding hydrogens is 283 g/mol.